The zero-order valence-corrected chi connectivity index (χ0v) is 22.1. The first-order valence-electron chi connectivity index (χ1n) is 13.3. The van der Waals surface area contributed by atoms with E-state index in [1.807, 2.05) is 35.2 Å². The van der Waals surface area contributed by atoms with E-state index < -0.39 is 5.82 Å². The van der Waals surface area contributed by atoms with Crippen molar-refractivity contribution in [3.63, 3.8) is 0 Å². The van der Waals surface area contributed by atoms with Gasteiger partial charge in [0, 0.05) is 59.9 Å². The van der Waals surface area contributed by atoms with Crippen molar-refractivity contribution in [3.8, 4) is 22.5 Å². The number of pyridine rings is 3. The second-order valence-corrected chi connectivity index (χ2v) is 10.8. The lowest BCUT2D eigenvalue weighted by molar-refractivity contribution is 0.220. The highest BCUT2D eigenvalue weighted by atomic mass is 32.1. The van der Waals surface area contributed by atoms with Crippen molar-refractivity contribution < 1.29 is 4.39 Å². The number of aromatic nitrogens is 5. The topological polar surface area (TPSA) is 95.0 Å². The van der Waals surface area contributed by atoms with Crippen LogP contribution in [0.3, 0.4) is 0 Å². The lowest BCUT2D eigenvalue weighted by Crippen LogP contribution is -2.29. The summed E-state index contributed by atoms with van der Waals surface area (Å²) in [5.74, 6) is 0.0710. The Morgan fingerprint density at radius 2 is 1.92 bits per heavy atom. The molecular formula is C29H27FN8S. The first-order valence-corrected chi connectivity index (χ1v) is 14.2. The number of H-pyrrole nitrogens is 1. The van der Waals surface area contributed by atoms with E-state index in [1.165, 1.54) is 19.3 Å². The highest BCUT2D eigenvalue weighted by Crippen LogP contribution is 2.31. The Morgan fingerprint density at radius 3 is 2.79 bits per heavy atom. The second kappa shape index (κ2) is 10.3. The highest BCUT2D eigenvalue weighted by Gasteiger charge is 2.26. The summed E-state index contributed by atoms with van der Waals surface area (Å²) in [6.07, 6.45) is 11.4. The van der Waals surface area contributed by atoms with E-state index in [9.17, 15) is 0 Å². The molecule has 0 radical (unpaired) electrons. The Hall–Kier alpha value is -4.02. The summed E-state index contributed by atoms with van der Waals surface area (Å²) >= 11 is 1.61. The summed E-state index contributed by atoms with van der Waals surface area (Å²) in [4.78, 5) is 24.2. The first-order chi connectivity index (χ1) is 19.2. The molecule has 196 valence electrons. The molecule has 0 bridgehead atoms. The van der Waals surface area contributed by atoms with Crippen molar-refractivity contribution in [2.75, 3.05) is 19.6 Å². The van der Waals surface area contributed by atoms with Gasteiger partial charge in [0.1, 0.15) is 16.9 Å². The molecule has 0 aliphatic carbocycles. The fraction of sp³-hybridized carbons (Fsp3) is 0.276. The van der Waals surface area contributed by atoms with Crippen molar-refractivity contribution in [1.29, 1.82) is 0 Å². The van der Waals surface area contributed by atoms with Crippen molar-refractivity contribution in [2.24, 2.45) is 5.10 Å². The smallest absolute Gasteiger partial charge is 0.159 e. The van der Waals surface area contributed by atoms with Crippen molar-refractivity contribution in [2.45, 2.75) is 32.2 Å². The normalized spacial score (nSPS) is 16.0. The first kappa shape index (κ1) is 24.1. The van der Waals surface area contributed by atoms with Crippen LogP contribution < -0.4 is 5.43 Å². The van der Waals surface area contributed by atoms with Crippen LogP contribution in [0.1, 0.15) is 41.8 Å². The molecule has 0 unspecified atom stereocenters. The molecule has 0 spiro atoms. The van der Waals surface area contributed by atoms with E-state index in [0.717, 1.165) is 53.1 Å². The van der Waals surface area contributed by atoms with Crippen molar-refractivity contribution >= 4 is 28.1 Å². The van der Waals surface area contributed by atoms with Gasteiger partial charge in [-0.25, -0.2) is 9.37 Å². The minimum absolute atomic E-state index is 0.271. The molecule has 39 heavy (non-hydrogen) atoms. The standard InChI is InChI=1S/C29H27FN8S/c30-24-23-19(15-33-25(24)21-12-18(13-31-14-21)16-38-9-2-1-3-10-38)4-8-34-37-28(23)29-35-22-5-7-32-26(27(22)36-29)20-6-11-39-17-20/h5-7,11-15,17,34H,1-4,8-10,16H2,(H,35,36). The van der Waals surface area contributed by atoms with Crippen LogP contribution in [0.5, 0.6) is 0 Å². The summed E-state index contributed by atoms with van der Waals surface area (Å²) in [5.41, 5.74) is 10.0. The van der Waals surface area contributed by atoms with Crippen LogP contribution in [0, 0.1) is 5.82 Å². The number of thiophene rings is 1. The molecule has 0 aromatic carbocycles. The van der Waals surface area contributed by atoms with Crippen LogP contribution >= 0.6 is 11.3 Å². The molecule has 5 aromatic rings. The van der Waals surface area contributed by atoms with E-state index in [2.05, 4.69) is 35.4 Å². The van der Waals surface area contributed by atoms with Crippen molar-refractivity contribution in [1.82, 2.24) is 35.2 Å². The average molecular weight is 539 g/mol. The van der Waals surface area contributed by atoms with Gasteiger partial charge in [-0.1, -0.05) is 6.42 Å². The minimum Gasteiger partial charge on any atom is -0.336 e. The lowest BCUT2D eigenvalue weighted by Gasteiger charge is -2.26. The van der Waals surface area contributed by atoms with Gasteiger partial charge in [-0.3, -0.25) is 19.9 Å². The fourth-order valence-corrected chi connectivity index (χ4v) is 6.10. The summed E-state index contributed by atoms with van der Waals surface area (Å²) in [6, 6.07) is 5.90. The SMILES string of the molecule is Fc1c(-c2cncc(CN3CCCCC3)c2)ncc2c1C(c1nc3c(-c4ccsc4)nccc3[nH]1)=NNCC2. The molecular weight excluding hydrogens is 511 g/mol. The van der Waals surface area contributed by atoms with E-state index in [-0.39, 0.29) is 5.69 Å². The van der Waals surface area contributed by atoms with Crippen LogP contribution in [0.25, 0.3) is 33.5 Å². The number of nitrogens with one attached hydrogen (secondary N) is 2. The average Bonchev–Trinajstić information content (AvgIpc) is 3.60. The van der Waals surface area contributed by atoms with Gasteiger partial charge in [-0.2, -0.15) is 16.4 Å². The summed E-state index contributed by atoms with van der Waals surface area (Å²) < 4.78 is 16.4. The number of aromatic amines is 1. The summed E-state index contributed by atoms with van der Waals surface area (Å²) in [6.45, 7) is 3.56. The molecule has 0 saturated carbocycles. The Morgan fingerprint density at radius 1 is 1.00 bits per heavy atom. The molecule has 2 N–H and O–H groups in total. The molecule has 1 fully saturated rings. The van der Waals surface area contributed by atoms with Crippen LogP contribution in [-0.2, 0) is 13.0 Å². The van der Waals surface area contributed by atoms with Crippen molar-refractivity contribution in [3.05, 3.63) is 82.1 Å². The third kappa shape index (κ3) is 4.59. The Labute approximate surface area is 229 Å². The van der Waals surface area contributed by atoms with E-state index in [0.29, 0.717) is 35.6 Å². The zero-order valence-electron chi connectivity index (χ0n) is 21.3. The fourth-order valence-electron chi connectivity index (χ4n) is 5.46. The maximum absolute atomic E-state index is 16.4. The molecule has 5 aromatic heterocycles. The van der Waals surface area contributed by atoms with Gasteiger partial charge in [0.25, 0.3) is 0 Å². The van der Waals surface area contributed by atoms with Gasteiger partial charge in [0.2, 0.25) is 0 Å². The van der Waals surface area contributed by atoms with Crippen LogP contribution in [0.2, 0.25) is 0 Å². The highest BCUT2D eigenvalue weighted by molar-refractivity contribution is 7.08. The number of nitrogens with zero attached hydrogens (tertiary/aromatic N) is 6. The maximum atomic E-state index is 16.4. The van der Waals surface area contributed by atoms with Gasteiger partial charge in [-0.15, -0.1) is 0 Å². The number of halogens is 1. The number of rotatable bonds is 5. The van der Waals surface area contributed by atoms with Crippen LogP contribution in [-0.4, -0.2) is 55.2 Å². The molecule has 0 atom stereocenters. The van der Waals surface area contributed by atoms with E-state index in [1.54, 1.807) is 29.9 Å². The largest absolute Gasteiger partial charge is 0.336 e. The molecule has 2 aliphatic rings. The second-order valence-electron chi connectivity index (χ2n) is 10.0. The summed E-state index contributed by atoms with van der Waals surface area (Å²) in [7, 11) is 0. The number of likely N-dealkylation sites (tertiary alicyclic amines) is 1. The molecule has 1 saturated heterocycles. The number of hydrazone groups is 1. The van der Waals surface area contributed by atoms with E-state index >= 15 is 4.39 Å². The van der Waals surface area contributed by atoms with Gasteiger partial charge in [-0.05, 0) is 67.1 Å². The molecule has 7 heterocycles. The molecule has 8 nitrogen and oxygen atoms in total. The van der Waals surface area contributed by atoms with Crippen LogP contribution in [0.15, 0.2) is 58.8 Å². The van der Waals surface area contributed by atoms with Crippen LogP contribution in [0.4, 0.5) is 4.39 Å². The minimum atomic E-state index is -0.413. The monoisotopic (exact) mass is 538 g/mol. The number of fused-ring (bicyclic) bond motifs is 2. The molecule has 7 rings (SSSR count). The Bertz CT molecular complexity index is 1670. The molecule has 0 amide bonds. The van der Waals surface area contributed by atoms with E-state index in [4.69, 9.17) is 4.98 Å². The zero-order chi connectivity index (χ0) is 26.2. The molecule has 10 heteroatoms. The Balaban J connectivity index is 1.29. The predicted octanol–water partition coefficient (Wildman–Crippen LogP) is 5.17. The van der Waals surface area contributed by atoms with Gasteiger partial charge < -0.3 is 10.4 Å². The number of hydrogen-bond donors (Lipinski definition) is 2. The van der Waals surface area contributed by atoms with Gasteiger partial charge in [0.15, 0.2) is 11.6 Å². The lowest BCUT2D eigenvalue weighted by atomic mass is 9.98. The third-order valence-electron chi connectivity index (χ3n) is 7.37. The number of hydrogen-bond acceptors (Lipinski definition) is 8. The van der Waals surface area contributed by atoms with Gasteiger partial charge >= 0.3 is 0 Å². The maximum Gasteiger partial charge on any atom is 0.159 e. The quantitative estimate of drug-likeness (QED) is 0.321. The van der Waals surface area contributed by atoms with Gasteiger partial charge in [0.05, 0.1) is 11.2 Å². The summed E-state index contributed by atoms with van der Waals surface area (Å²) in [5, 5.41) is 8.63. The number of piperidine rings is 1. The predicted molar refractivity (Wildman–Crippen MR) is 151 cm³/mol. The number of imidazole rings is 1. The molecule has 2 aliphatic heterocycles. The third-order valence-corrected chi connectivity index (χ3v) is 8.06. The Kier molecular flexibility index (Phi) is 6.34.